The van der Waals surface area contributed by atoms with Crippen LogP contribution in [0.2, 0.25) is 0 Å². The third kappa shape index (κ3) is 4.05. The Morgan fingerprint density at radius 2 is 1.66 bits per heavy atom. The summed E-state index contributed by atoms with van der Waals surface area (Å²) < 4.78 is 21.8. The van der Waals surface area contributed by atoms with Crippen LogP contribution >= 0.6 is 0 Å². The molecule has 1 aliphatic rings. The summed E-state index contributed by atoms with van der Waals surface area (Å²) in [6.45, 7) is -0.706. The minimum Gasteiger partial charge on any atom is -0.507 e. The van der Waals surface area contributed by atoms with E-state index in [9.17, 15) is 45.6 Å². The van der Waals surface area contributed by atoms with E-state index in [4.69, 9.17) is 18.6 Å². The van der Waals surface area contributed by atoms with Gasteiger partial charge in [0.25, 0.3) is 0 Å². The molecule has 35 heavy (non-hydrogen) atoms. The van der Waals surface area contributed by atoms with Gasteiger partial charge >= 0.3 is 0 Å². The van der Waals surface area contributed by atoms with Gasteiger partial charge in [0.2, 0.25) is 23.2 Å². The molecule has 1 aromatic heterocycles. The maximum atomic E-state index is 12.8. The van der Waals surface area contributed by atoms with Crippen LogP contribution in [0.5, 0.6) is 34.5 Å². The van der Waals surface area contributed by atoms with Crippen molar-refractivity contribution < 1.29 is 59.5 Å². The van der Waals surface area contributed by atoms with E-state index < -0.39 is 82.5 Å². The predicted octanol–water partition coefficient (Wildman–Crippen LogP) is -0.530. The zero-order valence-electron chi connectivity index (χ0n) is 18.0. The summed E-state index contributed by atoms with van der Waals surface area (Å²) >= 11 is 0. The lowest BCUT2D eigenvalue weighted by atomic mass is 9.99. The van der Waals surface area contributed by atoms with Gasteiger partial charge in [-0.3, -0.25) is 4.79 Å². The normalized spacial score (nSPS) is 24.4. The third-order valence-corrected chi connectivity index (χ3v) is 5.58. The highest BCUT2D eigenvalue weighted by Crippen LogP contribution is 2.44. The summed E-state index contributed by atoms with van der Waals surface area (Å²) in [6.07, 6.45) is -8.07. The van der Waals surface area contributed by atoms with Crippen LogP contribution in [0.25, 0.3) is 22.3 Å². The Bertz CT molecular complexity index is 1320. The molecule has 0 spiro atoms. The van der Waals surface area contributed by atoms with E-state index in [1.807, 2.05) is 0 Å². The fourth-order valence-corrected chi connectivity index (χ4v) is 3.72. The summed E-state index contributed by atoms with van der Waals surface area (Å²) in [5.41, 5.74) is -1.44. The number of aliphatic hydroxyl groups is 4. The summed E-state index contributed by atoms with van der Waals surface area (Å²) in [5.74, 6) is -3.65. The van der Waals surface area contributed by atoms with Crippen LogP contribution in [0.15, 0.2) is 33.5 Å². The van der Waals surface area contributed by atoms with Gasteiger partial charge in [-0.25, -0.2) is 0 Å². The second-order valence-electron chi connectivity index (χ2n) is 7.76. The Balaban J connectivity index is 1.86. The molecule has 2 heterocycles. The average Bonchev–Trinajstić information content (AvgIpc) is 2.83. The average molecular weight is 494 g/mol. The van der Waals surface area contributed by atoms with E-state index >= 15 is 0 Å². The second-order valence-corrected chi connectivity index (χ2v) is 7.76. The molecule has 0 radical (unpaired) electrons. The van der Waals surface area contributed by atoms with Gasteiger partial charge in [0.1, 0.15) is 35.6 Å². The molecule has 0 saturated carbocycles. The molecule has 0 bridgehead atoms. The van der Waals surface area contributed by atoms with E-state index in [0.29, 0.717) is 0 Å². The minimum atomic E-state index is -1.78. The molecule has 3 aromatic rings. The van der Waals surface area contributed by atoms with Crippen molar-refractivity contribution in [2.45, 2.75) is 30.7 Å². The molecule has 4 rings (SSSR count). The topological polar surface area (TPSA) is 220 Å². The number of methoxy groups -OCH3 is 1. The number of aromatic hydroxyl groups is 4. The van der Waals surface area contributed by atoms with Gasteiger partial charge in [-0.15, -0.1) is 0 Å². The minimum absolute atomic E-state index is 0.00130. The first-order chi connectivity index (χ1) is 16.6. The lowest BCUT2D eigenvalue weighted by Crippen LogP contribution is -2.60. The van der Waals surface area contributed by atoms with Crippen molar-refractivity contribution in [3.8, 4) is 45.8 Å². The molecule has 0 amide bonds. The molecule has 5 unspecified atom stereocenters. The lowest BCUT2D eigenvalue weighted by Gasteiger charge is -2.39. The molecule has 13 heteroatoms. The summed E-state index contributed by atoms with van der Waals surface area (Å²) in [6, 6.07) is 4.30. The standard InChI is InChI=1S/C22H22O13/c1-32-20-11(33-22-18(31)16(29)14(27)12(6-23)34-22)5-10(26)13-15(28)17(30)19(35-21(13)20)7-2-3-8(24)9(25)4-7/h2-5,12,14,16,18,22-27,29-31H,6H2,1H3. The van der Waals surface area contributed by atoms with Crippen molar-refractivity contribution in [2.75, 3.05) is 13.7 Å². The highest BCUT2D eigenvalue weighted by Gasteiger charge is 2.45. The Morgan fingerprint density at radius 3 is 2.29 bits per heavy atom. The number of ether oxygens (including phenoxy) is 3. The molecule has 13 nitrogen and oxygen atoms in total. The SMILES string of the molecule is COc1c(OC2OC(CO)C(O)C(O)C2O)cc(O)c2c(=O)c(O)c(-c3ccc(O)c(O)c3)oc12. The van der Waals surface area contributed by atoms with Crippen molar-refractivity contribution >= 4 is 11.0 Å². The van der Waals surface area contributed by atoms with Gasteiger partial charge in [0, 0.05) is 11.6 Å². The zero-order valence-corrected chi connectivity index (χ0v) is 18.0. The van der Waals surface area contributed by atoms with Gasteiger partial charge in [-0.2, -0.15) is 0 Å². The van der Waals surface area contributed by atoms with E-state index in [1.54, 1.807) is 0 Å². The van der Waals surface area contributed by atoms with Crippen molar-refractivity contribution in [1.82, 2.24) is 0 Å². The Hall–Kier alpha value is -3.75. The van der Waals surface area contributed by atoms with E-state index in [2.05, 4.69) is 0 Å². The molecule has 1 saturated heterocycles. The summed E-state index contributed by atoms with van der Waals surface area (Å²) in [7, 11) is 1.17. The lowest BCUT2D eigenvalue weighted by molar-refractivity contribution is -0.277. The van der Waals surface area contributed by atoms with Crippen LogP contribution in [-0.2, 0) is 4.74 Å². The van der Waals surface area contributed by atoms with Gasteiger partial charge in [-0.05, 0) is 18.2 Å². The maximum absolute atomic E-state index is 12.8. The molecular formula is C22H22O13. The first-order valence-electron chi connectivity index (χ1n) is 10.2. The van der Waals surface area contributed by atoms with E-state index in [1.165, 1.54) is 13.2 Å². The van der Waals surface area contributed by atoms with Crippen molar-refractivity contribution in [2.24, 2.45) is 0 Å². The van der Waals surface area contributed by atoms with Gasteiger partial charge in [0.15, 0.2) is 28.6 Å². The smallest absolute Gasteiger partial charge is 0.238 e. The van der Waals surface area contributed by atoms with Crippen LogP contribution in [-0.4, -0.2) is 85.3 Å². The number of rotatable bonds is 5. The number of fused-ring (bicyclic) bond motifs is 1. The van der Waals surface area contributed by atoms with Crippen LogP contribution in [0, 0.1) is 0 Å². The van der Waals surface area contributed by atoms with E-state index in [-0.39, 0.29) is 17.1 Å². The van der Waals surface area contributed by atoms with Crippen LogP contribution < -0.4 is 14.9 Å². The van der Waals surface area contributed by atoms with Gasteiger partial charge in [-0.1, -0.05) is 0 Å². The molecule has 1 aliphatic heterocycles. The Morgan fingerprint density at radius 1 is 0.943 bits per heavy atom. The summed E-state index contributed by atoms with van der Waals surface area (Å²) in [4.78, 5) is 12.8. The first kappa shape index (κ1) is 24.4. The van der Waals surface area contributed by atoms with Crippen LogP contribution in [0.1, 0.15) is 0 Å². The maximum Gasteiger partial charge on any atom is 0.238 e. The molecule has 188 valence electrons. The predicted molar refractivity (Wildman–Crippen MR) is 116 cm³/mol. The van der Waals surface area contributed by atoms with Crippen LogP contribution in [0.3, 0.4) is 0 Å². The van der Waals surface area contributed by atoms with Crippen molar-refractivity contribution in [3.63, 3.8) is 0 Å². The molecular weight excluding hydrogens is 472 g/mol. The third-order valence-electron chi connectivity index (χ3n) is 5.58. The Kier molecular flexibility index (Phi) is 6.36. The van der Waals surface area contributed by atoms with E-state index in [0.717, 1.165) is 18.2 Å². The van der Waals surface area contributed by atoms with Gasteiger partial charge < -0.3 is 59.5 Å². The van der Waals surface area contributed by atoms with Gasteiger partial charge in [0.05, 0.1) is 13.7 Å². The number of hydrogen-bond donors (Lipinski definition) is 8. The first-order valence-corrected chi connectivity index (χ1v) is 10.2. The number of benzene rings is 2. The number of hydrogen-bond acceptors (Lipinski definition) is 13. The molecule has 1 fully saturated rings. The molecule has 2 aromatic carbocycles. The fraction of sp³-hybridized carbons (Fsp3) is 0.318. The zero-order chi connectivity index (χ0) is 25.6. The molecule has 0 aliphatic carbocycles. The monoisotopic (exact) mass is 494 g/mol. The number of phenols is 3. The fourth-order valence-electron chi connectivity index (χ4n) is 3.72. The van der Waals surface area contributed by atoms with Crippen molar-refractivity contribution in [1.29, 1.82) is 0 Å². The Labute approximate surface area is 195 Å². The summed E-state index contributed by atoms with van der Waals surface area (Å²) in [5, 5.41) is 79.3. The highest BCUT2D eigenvalue weighted by molar-refractivity contribution is 5.93. The second kappa shape index (κ2) is 9.13. The number of aliphatic hydroxyl groups excluding tert-OH is 4. The van der Waals surface area contributed by atoms with Crippen LogP contribution in [0.4, 0.5) is 0 Å². The quantitative estimate of drug-likeness (QED) is 0.209. The molecule has 8 N–H and O–H groups in total. The number of phenolic OH excluding ortho intramolecular Hbond substituents is 3. The largest absolute Gasteiger partial charge is 0.507 e. The molecule has 5 atom stereocenters. The van der Waals surface area contributed by atoms with Crippen molar-refractivity contribution in [3.05, 3.63) is 34.5 Å². The highest BCUT2D eigenvalue weighted by atomic mass is 16.7.